The lowest BCUT2D eigenvalue weighted by Crippen LogP contribution is -2.23. The van der Waals surface area contributed by atoms with Gasteiger partial charge in [-0.2, -0.15) is 0 Å². The third-order valence-corrected chi connectivity index (χ3v) is 3.54. The molecule has 90 valence electrons. The number of hydrogen-bond donors (Lipinski definition) is 0. The number of pyridine rings is 1. The predicted molar refractivity (Wildman–Crippen MR) is 73.6 cm³/mol. The minimum Gasteiger partial charge on any atom is -0.288 e. The summed E-state index contributed by atoms with van der Waals surface area (Å²) >= 11 is 3.43. The van der Waals surface area contributed by atoms with Gasteiger partial charge in [-0.1, -0.05) is 15.9 Å². The standard InChI is InChI=1S/C14H11BrN2O/c1-9-4-5-16-13(6-9)17-8-10-7-11(15)2-3-12(10)14(17)18/h2-7H,8H2,1H3. The maximum atomic E-state index is 12.3. The van der Waals surface area contributed by atoms with Crippen molar-refractivity contribution < 1.29 is 4.79 Å². The van der Waals surface area contributed by atoms with Gasteiger partial charge >= 0.3 is 0 Å². The van der Waals surface area contributed by atoms with E-state index in [9.17, 15) is 4.79 Å². The van der Waals surface area contributed by atoms with Crippen LogP contribution in [0.2, 0.25) is 0 Å². The lowest BCUT2D eigenvalue weighted by molar-refractivity contribution is 0.0996. The lowest BCUT2D eigenvalue weighted by Gasteiger charge is -2.14. The zero-order valence-electron chi connectivity index (χ0n) is 9.85. The van der Waals surface area contributed by atoms with Crippen molar-refractivity contribution >= 4 is 27.7 Å². The van der Waals surface area contributed by atoms with Crippen LogP contribution in [0.1, 0.15) is 21.5 Å². The fraction of sp³-hybridized carbons (Fsp3) is 0.143. The number of rotatable bonds is 1. The van der Waals surface area contributed by atoms with Gasteiger partial charge in [-0.05, 0) is 48.4 Å². The molecule has 1 amide bonds. The van der Waals surface area contributed by atoms with Gasteiger partial charge in [0.1, 0.15) is 5.82 Å². The number of nitrogens with zero attached hydrogens (tertiary/aromatic N) is 2. The van der Waals surface area contributed by atoms with E-state index in [0.717, 1.165) is 21.2 Å². The first kappa shape index (κ1) is 11.4. The van der Waals surface area contributed by atoms with Crippen LogP contribution in [0.5, 0.6) is 0 Å². The first-order valence-electron chi connectivity index (χ1n) is 5.68. The van der Waals surface area contributed by atoms with Gasteiger partial charge in [-0.3, -0.25) is 9.69 Å². The lowest BCUT2D eigenvalue weighted by atomic mass is 10.1. The topological polar surface area (TPSA) is 33.2 Å². The van der Waals surface area contributed by atoms with Crippen LogP contribution >= 0.6 is 15.9 Å². The number of carbonyl (C=O) groups excluding carboxylic acids is 1. The van der Waals surface area contributed by atoms with Gasteiger partial charge in [0.05, 0.1) is 6.54 Å². The highest BCUT2D eigenvalue weighted by Crippen LogP contribution is 2.29. The molecule has 0 unspecified atom stereocenters. The zero-order valence-corrected chi connectivity index (χ0v) is 11.4. The van der Waals surface area contributed by atoms with Crippen LogP contribution < -0.4 is 4.90 Å². The number of aromatic nitrogens is 1. The number of carbonyl (C=O) groups is 1. The second kappa shape index (κ2) is 4.21. The van der Waals surface area contributed by atoms with E-state index in [1.54, 1.807) is 11.1 Å². The minimum atomic E-state index is 0.0237. The van der Waals surface area contributed by atoms with Gasteiger partial charge in [0, 0.05) is 16.2 Å². The Hall–Kier alpha value is -1.68. The van der Waals surface area contributed by atoms with Crippen LogP contribution in [0.4, 0.5) is 5.82 Å². The molecule has 0 N–H and O–H groups in total. The Labute approximate surface area is 114 Å². The molecule has 0 aliphatic carbocycles. The third-order valence-electron chi connectivity index (χ3n) is 3.05. The van der Waals surface area contributed by atoms with Gasteiger partial charge in [0.15, 0.2) is 0 Å². The van der Waals surface area contributed by atoms with Crippen LogP contribution in [-0.4, -0.2) is 10.9 Å². The molecular formula is C14H11BrN2O. The fourth-order valence-electron chi connectivity index (χ4n) is 2.14. The Morgan fingerprint density at radius 1 is 1.28 bits per heavy atom. The van der Waals surface area contributed by atoms with E-state index in [1.807, 2.05) is 37.3 Å². The first-order chi connectivity index (χ1) is 8.65. The Bertz CT molecular complexity index is 639. The maximum Gasteiger partial charge on any atom is 0.260 e. The van der Waals surface area contributed by atoms with Crippen LogP contribution in [0, 0.1) is 6.92 Å². The van der Waals surface area contributed by atoms with Crippen molar-refractivity contribution in [3.05, 3.63) is 57.7 Å². The molecule has 0 bridgehead atoms. The van der Waals surface area contributed by atoms with Crippen LogP contribution in [-0.2, 0) is 6.54 Å². The molecular weight excluding hydrogens is 292 g/mol. The summed E-state index contributed by atoms with van der Waals surface area (Å²) in [6, 6.07) is 9.59. The first-order valence-corrected chi connectivity index (χ1v) is 6.47. The Balaban J connectivity index is 2.02. The zero-order chi connectivity index (χ0) is 12.7. The number of anilines is 1. The number of halogens is 1. The largest absolute Gasteiger partial charge is 0.288 e. The monoisotopic (exact) mass is 302 g/mol. The summed E-state index contributed by atoms with van der Waals surface area (Å²) in [5, 5.41) is 0. The molecule has 18 heavy (non-hydrogen) atoms. The van der Waals surface area contributed by atoms with Crippen molar-refractivity contribution in [3.8, 4) is 0 Å². The summed E-state index contributed by atoms with van der Waals surface area (Å²) in [5.74, 6) is 0.739. The normalized spacial score (nSPS) is 13.9. The van der Waals surface area contributed by atoms with Gasteiger partial charge < -0.3 is 0 Å². The molecule has 0 radical (unpaired) electrons. The Morgan fingerprint density at radius 3 is 2.89 bits per heavy atom. The number of amides is 1. The molecule has 3 nitrogen and oxygen atoms in total. The van der Waals surface area contributed by atoms with E-state index in [1.165, 1.54) is 0 Å². The van der Waals surface area contributed by atoms with Crippen molar-refractivity contribution in [3.63, 3.8) is 0 Å². The highest BCUT2D eigenvalue weighted by molar-refractivity contribution is 9.10. The molecule has 1 aliphatic heterocycles. The average Bonchev–Trinajstić information content (AvgIpc) is 2.66. The number of aryl methyl sites for hydroxylation is 1. The molecule has 0 atom stereocenters. The van der Waals surface area contributed by atoms with E-state index in [-0.39, 0.29) is 5.91 Å². The molecule has 0 fully saturated rings. The summed E-state index contributed by atoms with van der Waals surface area (Å²) in [6.45, 7) is 2.58. The molecule has 1 aromatic heterocycles. The molecule has 4 heteroatoms. The van der Waals surface area contributed by atoms with Gasteiger partial charge in [-0.15, -0.1) is 0 Å². The fourth-order valence-corrected chi connectivity index (χ4v) is 2.55. The van der Waals surface area contributed by atoms with Crippen molar-refractivity contribution in [1.82, 2.24) is 4.98 Å². The Morgan fingerprint density at radius 2 is 2.11 bits per heavy atom. The third kappa shape index (κ3) is 1.82. The predicted octanol–water partition coefficient (Wildman–Crippen LogP) is 3.31. The SMILES string of the molecule is Cc1ccnc(N2Cc3cc(Br)ccc3C2=O)c1. The average molecular weight is 303 g/mol. The molecule has 3 rings (SSSR count). The van der Waals surface area contributed by atoms with Gasteiger partial charge in [-0.25, -0.2) is 4.98 Å². The molecule has 1 aromatic carbocycles. The second-order valence-corrected chi connectivity index (χ2v) is 5.30. The summed E-state index contributed by atoms with van der Waals surface area (Å²) in [6.07, 6.45) is 1.73. The van der Waals surface area contributed by atoms with Crippen molar-refractivity contribution in [1.29, 1.82) is 0 Å². The molecule has 0 saturated heterocycles. The number of benzene rings is 1. The molecule has 0 spiro atoms. The van der Waals surface area contributed by atoms with Gasteiger partial charge in [0.25, 0.3) is 5.91 Å². The maximum absolute atomic E-state index is 12.3. The van der Waals surface area contributed by atoms with Crippen molar-refractivity contribution in [2.75, 3.05) is 4.90 Å². The van der Waals surface area contributed by atoms with E-state index in [4.69, 9.17) is 0 Å². The van der Waals surface area contributed by atoms with E-state index in [2.05, 4.69) is 20.9 Å². The molecule has 2 heterocycles. The van der Waals surface area contributed by atoms with E-state index >= 15 is 0 Å². The van der Waals surface area contributed by atoms with E-state index < -0.39 is 0 Å². The molecule has 2 aromatic rings. The molecule has 0 saturated carbocycles. The second-order valence-electron chi connectivity index (χ2n) is 4.38. The Kier molecular flexibility index (Phi) is 2.67. The van der Waals surface area contributed by atoms with Crippen molar-refractivity contribution in [2.24, 2.45) is 0 Å². The van der Waals surface area contributed by atoms with Crippen LogP contribution in [0.25, 0.3) is 0 Å². The number of hydrogen-bond acceptors (Lipinski definition) is 2. The smallest absolute Gasteiger partial charge is 0.260 e. The van der Waals surface area contributed by atoms with E-state index in [0.29, 0.717) is 12.4 Å². The van der Waals surface area contributed by atoms with Crippen LogP contribution in [0.3, 0.4) is 0 Å². The molecule has 1 aliphatic rings. The number of fused-ring (bicyclic) bond motifs is 1. The van der Waals surface area contributed by atoms with Gasteiger partial charge in [0.2, 0.25) is 0 Å². The summed E-state index contributed by atoms with van der Waals surface area (Å²) in [4.78, 5) is 18.3. The highest BCUT2D eigenvalue weighted by Gasteiger charge is 2.29. The van der Waals surface area contributed by atoms with Crippen LogP contribution in [0.15, 0.2) is 41.0 Å². The summed E-state index contributed by atoms with van der Waals surface area (Å²) < 4.78 is 0.994. The highest BCUT2D eigenvalue weighted by atomic mass is 79.9. The van der Waals surface area contributed by atoms with Crippen molar-refractivity contribution in [2.45, 2.75) is 13.5 Å². The minimum absolute atomic E-state index is 0.0237. The quantitative estimate of drug-likeness (QED) is 0.810. The summed E-state index contributed by atoms with van der Waals surface area (Å²) in [7, 11) is 0. The summed E-state index contributed by atoms with van der Waals surface area (Å²) in [5.41, 5.74) is 2.91.